The van der Waals surface area contributed by atoms with E-state index in [0.717, 1.165) is 11.1 Å². The Balaban J connectivity index is 1.73. The van der Waals surface area contributed by atoms with E-state index in [1.54, 1.807) is 7.05 Å². The number of hydrogen-bond acceptors (Lipinski definition) is 5. The second-order valence-electron chi connectivity index (χ2n) is 6.49. The zero-order valence-electron chi connectivity index (χ0n) is 15.3. The number of aryl methyl sites for hydroxylation is 3. The van der Waals surface area contributed by atoms with Crippen LogP contribution in [0.5, 0.6) is 0 Å². The molecule has 1 N–H and O–H groups in total. The van der Waals surface area contributed by atoms with E-state index in [-0.39, 0.29) is 28.6 Å². The van der Waals surface area contributed by atoms with Crippen molar-refractivity contribution in [2.45, 2.75) is 25.2 Å². The van der Waals surface area contributed by atoms with E-state index in [1.165, 1.54) is 22.8 Å². The van der Waals surface area contributed by atoms with Crippen LogP contribution in [0.2, 0.25) is 0 Å². The molecule has 2 aromatic carbocycles. The Labute approximate surface area is 156 Å². The van der Waals surface area contributed by atoms with Gasteiger partial charge in [0.05, 0.1) is 16.2 Å². The highest BCUT2D eigenvalue weighted by atomic mass is 32.2. The molecule has 0 unspecified atom stereocenters. The number of nitrogens with one attached hydrogen (secondary N) is 1. The minimum Gasteiger partial charge on any atom is -0.408 e. The highest BCUT2D eigenvalue weighted by Crippen LogP contribution is 2.20. The van der Waals surface area contributed by atoms with Crippen LogP contribution in [0.15, 0.2) is 50.5 Å². The van der Waals surface area contributed by atoms with Gasteiger partial charge < -0.3 is 9.73 Å². The number of anilines is 1. The predicted octanol–water partition coefficient (Wildman–Crippen LogP) is 2.55. The van der Waals surface area contributed by atoms with E-state index in [4.69, 9.17) is 4.42 Å². The zero-order valence-corrected chi connectivity index (χ0v) is 16.1. The van der Waals surface area contributed by atoms with Gasteiger partial charge in [0.15, 0.2) is 15.4 Å². The van der Waals surface area contributed by atoms with Gasteiger partial charge in [0.25, 0.3) is 0 Å². The fourth-order valence-corrected chi connectivity index (χ4v) is 3.99. The van der Waals surface area contributed by atoms with Gasteiger partial charge in [-0.1, -0.05) is 12.1 Å². The predicted molar refractivity (Wildman–Crippen MR) is 103 cm³/mol. The van der Waals surface area contributed by atoms with Crippen LogP contribution in [0.25, 0.3) is 11.1 Å². The molecule has 0 bridgehead atoms. The first-order valence-electron chi connectivity index (χ1n) is 8.37. The van der Waals surface area contributed by atoms with Gasteiger partial charge in [0.1, 0.15) is 0 Å². The lowest BCUT2D eigenvalue weighted by Crippen LogP contribution is -2.18. The van der Waals surface area contributed by atoms with Gasteiger partial charge in [-0.3, -0.25) is 9.36 Å². The number of carbonyl (C=O) groups excluding carboxylic acids is 1. The number of sulfone groups is 1. The van der Waals surface area contributed by atoms with Gasteiger partial charge in [-0.25, -0.2) is 13.2 Å². The molecule has 142 valence electrons. The maximum atomic E-state index is 12.5. The summed E-state index contributed by atoms with van der Waals surface area (Å²) >= 11 is 0. The Bertz CT molecular complexity index is 1190. The maximum Gasteiger partial charge on any atom is 0.419 e. The van der Waals surface area contributed by atoms with Gasteiger partial charge in [-0.2, -0.15) is 0 Å². The second kappa shape index (κ2) is 7.03. The van der Waals surface area contributed by atoms with Crippen molar-refractivity contribution in [3.05, 3.63) is 58.1 Å². The Morgan fingerprint density at radius 2 is 1.89 bits per heavy atom. The smallest absolute Gasteiger partial charge is 0.408 e. The third kappa shape index (κ3) is 3.95. The summed E-state index contributed by atoms with van der Waals surface area (Å²) < 4.78 is 31.4. The van der Waals surface area contributed by atoms with E-state index in [9.17, 15) is 18.0 Å². The summed E-state index contributed by atoms with van der Waals surface area (Å²) in [5.41, 5.74) is 3.28. The molecule has 0 fully saturated rings. The molecule has 0 spiro atoms. The molecule has 1 aromatic heterocycles. The molecule has 27 heavy (non-hydrogen) atoms. The van der Waals surface area contributed by atoms with Crippen molar-refractivity contribution in [2.75, 3.05) is 11.1 Å². The topological polar surface area (TPSA) is 98.4 Å². The van der Waals surface area contributed by atoms with Crippen molar-refractivity contribution in [3.63, 3.8) is 0 Å². The third-order valence-electron chi connectivity index (χ3n) is 4.39. The maximum absolute atomic E-state index is 12.5. The lowest BCUT2D eigenvalue weighted by atomic mass is 10.1. The van der Waals surface area contributed by atoms with Crippen LogP contribution >= 0.6 is 0 Å². The minimum atomic E-state index is -3.69. The van der Waals surface area contributed by atoms with E-state index >= 15 is 0 Å². The quantitative estimate of drug-likeness (QED) is 0.724. The molecule has 1 amide bonds. The standard InChI is InChI=1S/C19H20N2O5S/c1-12-4-5-13(2)15(10-12)20-18(22)8-9-27(24,25)14-6-7-16-17(11-14)26-19(23)21(16)3/h4-7,10-11H,8-9H2,1-3H3,(H,20,22). The normalized spacial score (nSPS) is 11.7. The molecule has 8 heteroatoms. The number of aromatic nitrogens is 1. The average molecular weight is 388 g/mol. The summed E-state index contributed by atoms with van der Waals surface area (Å²) in [6.45, 7) is 3.78. The molecule has 0 radical (unpaired) electrons. The first-order chi connectivity index (χ1) is 12.7. The monoisotopic (exact) mass is 388 g/mol. The highest BCUT2D eigenvalue weighted by Gasteiger charge is 2.19. The van der Waals surface area contributed by atoms with Crippen LogP contribution in [0.1, 0.15) is 17.5 Å². The molecule has 0 aliphatic carbocycles. The van der Waals surface area contributed by atoms with E-state index in [2.05, 4.69) is 5.32 Å². The zero-order chi connectivity index (χ0) is 19.8. The number of amides is 1. The van der Waals surface area contributed by atoms with Crippen LogP contribution in [0.4, 0.5) is 5.69 Å². The van der Waals surface area contributed by atoms with Crippen LogP contribution < -0.4 is 11.1 Å². The van der Waals surface area contributed by atoms with Crippen molar-refractivity contribution in [2.24, 2.45) is 7.05 Å². The molecular weight excluding hydrogens is 368 g/mol. The second-order valence-corrected chi connectivity index (χ2v) is 8.60. The Kier molecular flexibility index (Phi) is 4.93. The number of fused-ring (bicyclic) bond motifs is 1. The first kappa shape index (κ1) is 18.9. The summed E-state index contributed by atoms with van der Waals surface area (Å²) in [4.78, 5) is 23.7. The molecule has 7 nitrogen and oxygen atoms in total. The van der Waals surface area contributed by atoms with Crippen molar-refractivity contribution in [3.8, 4) is 0 Å². The summed E-state index contributed by atoms with van der Waals surface area (Å²) in [5, 5.41) is 2.75. The molecule has 3 rings (SSSR count). The lowest BCUT2D eigenvalue weighted by Gasteiger charge is -2.10. The summed E-state index contributed by atoms with van der Waals surface area (Å²) in [7, 11) is -2.15. The molecule has 0 saturated carbocycles. The van der Waals surface area contributed by atoms with Crippen LogP contribution in [-0.2, 0) is 21.7 Å². The first-order valence-corrected chi connectivity index (χ1v) is 10.0. The summed E-state index contributed by atoms with van der Waals surface area (Å²) in [5.74, 6) is -1.28. The Morgan fingerprint density at radius 1 is 1.15 bits per heavy atom. The fraction of sp³-hybridized carbons (Fsp3) is 0.263. The van der Waals surface area contributed by atoms with Crippen LogP contribution in [0.3, 0.4) is 0 Å². The Hall–Kier alpha value is -2.87. The number of benzene rings is 2. The SMILES string of the molecule is Cc1ccc(C)c(NC(=O)CCS(=O)(=O)c2ccc3c(c2)oc(=O)n3C)c1. The molecule has 0 atom stereocenters. The number of nitrogens with zero attached hydrogens (tertiary/aromatic N) is 1. The number of oxazole rings is 1. The van der Waals surface area contributed by atoms with Gasteiger partial charge in [0.2, 0.25) is 5.91 Å². The molecule has 3 aromatic rings. The molecule has 0 saturated heterocycles. The summed E-state index contributed by atoms with van der Waals surface area (Å²) in [6.07, 6.45) is -0.174. The fourth-order valence-electron chi connectivity index (χ4n) is 2.74. The number of hydrogen-bond donors (Lipinski definition) is 1. The van der Waals surface area contributed by atoms with Crippen molar-refractivity contribution in [1.82, 2.24) is 4.57 Å². The van der Waals surface area contributed by atoms with Gasteiger partial charge >= 0.3 is 5.76 Å². The largest absolute Gasteiger partial charge is 0.419 e. The number of carbonyl (C=O) groups is 1. The molecule has 0 aliphatic heterocycles. The van der Waals surface area contributed by atoms with Gasteiger partial charge in [0, 0.05) is 25.2 Å². The van der Waals surface area contributed by atoms with Crippen molar-refractivity contribution in [1.29, 1.82) is 0 Å². The highest BCUT2D eigenvalue weighted by molar-refractivity contribution is 7.91. The van der Waals surface area contributed by atoms with E-state index < -0.39 is 15.6 Å². The average Bonchev–Trinajstić information content (AvgIpc) is 2.90. The summed E-state index contributed by atoms with van der Waals surface area (Å²) in [6, 6.07) is 9.92. The molecule has 1 heterocycles. The minimum absolute atomic E-state index is 0.0175. The lowest BCUT2D eigenvalue weighted by molar-refractivity contribution is -0.115. The number of rotatable bonds is 5. The molecular formula is C19H20N2O5S. The van der Waals surface area contributed by atoms with Crippen molar-refractivity contribution >= 4 is 32.5 Å². The van der Waals surface area contributed by atoms with Crippen molar-refractivity contribution < 1.29 is 17.6 Å². The van der Waals surface area contributed by atoms with Gasteiger partial charge in [-0.15, -0.1) is 0 Å². The van der Waals surface area contributed by atoms with Crippen LogP contribution in [0, 0.1) is 13.8 Å². The third-order valence-corrected chi connectivity index (χ3v) is 6.10. The van der Waals surface area contributed by atoms with E-state index in [0.29, 0.717) is 11.2 Å². The van der Waals surface area contributed by atoms with E-state index in [1.807, 2.05) is 32.0 Å². The van der Waals surface area contributed by atoms with Gasteiger partial charge in [-0.05, 0) is 43.2 Å². The van der Waals surface area contributed by atoms with Crippen LogP contribution in [-0.4, -0.2) is 24.6 Å². The molecule has 0 aliphatic rings. The Morgan fingerprint density at radius 3 is 2.63 bits per heavy atom.